The molecule has 0 fully saturated rings. The van der Waals surface area contributed by atoms with Gasteiger partial charge >= 0.3 is 0 Å². The largest absolute Gasteiger partial charge is 0.313 e. The van der Waals surface area contributed by atoms with Gasteiger partial charge in [0.25, 0.3) is 0 Å². The summed E-state index contributed by atoms with van der Waals surface area (Å²) in [7, 11) is 0. The van der Waals surface area contributed by atoms with Crippen molar-refractivity contribution in [3.8, 4) is 52.9 Å². The maximum Gasteiger partial charge on any atom is 0.238 e. The maximum atomic E-state index is 9.44. The fourth-order valence-electron chi connectivity index (χ4n) is 6.57. The van der Waals surface area contributed by atoms with E-state index in [1.807, 2.05) is 72.5 Å². The first kappa shape index (κ1) is 32.5. The molecule has 0 N–H and O–H groups in total. The van der Waals surface area contributed by atoms with Crippen LogP contribution in [0, 0.1) is 41.9 Å². The zero-order valence-corrected chi connectivity index (χ0v) is 28.5. The minimum Gasteiger partial charge on any atom is -0.313 e. The number of hydrogen-bond acceptors (Lipinski definition) is 6. The van der Waals surface area contributed by atoms with Crippen molar-refractivity contribution >= 4 is 28.6 Å². The standard InChI is InChI=1S/C44H33N7/c1-5-8-15-36-29(4)50(34-13-11-10-12-14-34)40-26-41-37(25-38(36)40)35(7-3)39(16-9-6-2)51(41)44-48-42(32-21-17-30(27-45)18-22-32)47-43(49-44)33-23-19-31(28-46)20-24-33/h3,6,8-26,35H,5H2,1-2,4H3/b9-6-,15-8-,39-16+. The molecule has 7 nitrogen and oxygen atoms in total. The van der Waals surface area contributed by atoms with E-state index in [4.69, 9.17) is 21.4 Å². The maximum absolute atomic E-state index is 9.44. The van der Waals surface area contributed by atoms with E-state index in [2.05, 4.69) is 72.9 Å². The predicted molar refractivity (Wildman–Crippen MR) is 204 cm³/mol. The van der Waals surface area contributed by atoms with E-state index in [1.165, 1.54) is 0 Å². The normalized spacial score (nSPS) is 14.6. The van der Waals surface area contributed by atoms with E-state index in [0.29, 0.717) is 28.7 Å². The van der Waals surface area contributed by atoms with Gasteiger partial charge < -0.3 is 4.57 Å². The Labute approximate surface area is 297 Å². The van der Waals surface area contributed by atoms with Crippen molar-refractivity contribution < 1.29 is 0 Å². The summed E-state index contributed by atoms with van der Waals surface area (Å²) in [6.07, 6.45) is 17.7. The number of para-hydroxylation sites is 1. The van der Waals surface area contributed by atoms with Gasteiger partial charge in [0.2, 0.25) is 5.95 Å². The summed E-state index contributed by atoms with van der Waals surface area (Å²) in [6, 6.07) is 33.5. The van der Waals surface area contributed by atoms with Crippen LogP contribution in [0.15, 0.2) is 121 Å². The van der Waals surface area contributed by atoms with Crippen molar-refractivity contribution in [3.05, 3.63) is 149 Å². The first-order valence-electron chi connectivity index (χ1n) is 16.8. The molecule has 1 aliphatic rings. The Balaban J connectivity index is 1.53. The molecule has 7 rings (SSSR count). The van der Waals surface area contributed by atoms with E-state index >= 15 is 0 Å². The van der Waals surface area contributed by atoms with Crippen molar-refractivity contribution in [3.63, 3.8) is 0 Å². The highest BCUT2D eigenvalue weighted by molar-refractivity contribution is 5.98. The van der Waals surface area contributed by atoms with Gasteiger partial charge in [-0.15, -0.1) is 6.42 Å². The third-order valence-corrected chi connectivity index (χ3v) is 9.04. The van der Waals surface area contributed by atoms with Crippen molar-refractivity contribution in [2.75, 3.05) is 4.90 Å². The van der Waals surface area contributed by atoms with Gasteiger partial charge in [0, 0.05) is 39.2 Å². The number of benzene rings is 4. The number of nitrogens with zero attached hydrogens (tertiary/aromatic N) is 7. The minimum absolute atomic E-state index is 0.377. The van der Waals surface area contributed by atoms with Crippen LogP contribution in [-0.4, -0.2) is 19.5 Å². The Morgan fingerprint density at radius 3 is 2.02 bits per heavy atom. The number of nitriles is 2. The molecule has 4 aromatic carbocycles. The van der Waals surface area contributed by atoms with Crippen LogP contribution in [0.2, 0.25) is 0 Å². The molecule has 0 aliphatic carbocycles. The predicted octanol–water partition coefficient (Wildman–Crippen LogP) is 9.95. The number of hydrogen-bond donors (Lipinski definition) is 0. The van der Waals surface area contributed by atoms with Crippen LogP contribution in [-0.2, 0) is 0 Å². The molecule has 0 radical (unpaired) electrons. The number of fused-ring (bicyclic) bond motifs is 2. The van der Waals surface area contributed by atoms with E-state index in [1.54, 1.807) is 24.3 Å². The fraction of sp³-hybridized carbons (Fsp3) is 0.114. The van der Waals surface area contributed by atoms with Crippen LogP contribution in [0.4, 0.5) is 11.6 Å². The first-order chi connectivity index (χ1) is 25.0. The van der Waals surface area contributed by atoms with Gasteiger partial charge in [-0.05, 0) is 105 Å². The van der Waals surface area contributed by atoms with Crippen LogP contribution in [0.3, 0.4) is 0 Å². The number of anilines is 2. The first-order valence-corrected chi connectivity index (χ1v) is 16.8. The SMILES string of the molecule is C#CC1/C(=C\C=C/C)N(c2nc(-c3ccc(C#N)cc3)nc(-c3ccc(C#N)cc3)n2)c2cc3c(cc21)c(/C=C\CC)c(C)n3-c1ccccc1. The molecule has 1 atom stereocenters. The molecule has 244 valence electrons. The Morgan fingerprint density at radius 1 is 0.843 bits per heavy atom. The minimum atomic E-state index is -0.377. The Hall–Kier alpha value is -7.01. The van der Waals surface area contributed by atoms with Gasteiger partial charge in [0.15, 0.2) is 11.6 Å². The van der Waals surface area contributed by atoms with Crippen LogP contribution < -0.4 is 4.90 Å². The lowest BCUT2D eigenvalue weighted by molar-refractivity contribution is 0.973. The summed E-state index contributed by atoms with van der Waals surface area (Å²) >= 11 is 0. The molecular weight excluding hydrogens is 627 g/mol. The van der Waals surface area contributed by atoms with Crippen molar-refractivity contribution in [2.24, 2.45) is 0 Å². The zero-order valence-electron chi connectivity index (χ0n) is 28.5. The lowest BCUT2D eigenvalue weighted by Gasteiger charge is -2.21. The average molecular weight is 660 g/mol. The lowest BCUT2D eigenvalue weighted by Crippen LogP contribution is -2.17. The van der Waals surface area contributed by atoms with Crippen molar-refractivity contribution in [2.45, 2.75) is 33.1 Å². The molecule has 6 aromatic rings. The smallest absolute Gasteiger partial charge is 0.238 e. The van der Waals surface area contributed by atoms with Gasteiger partial charge in [-0.2, -0.15) is 20.5 Å². The average Bonchev–Trinajstić information content (AvgIpc) is 3.64. The summed E-state index contributed by atoms with van der Waals surface area (Å²) in [5, 5.41) is 20.0. The van der Waals surface area contributed by atoms with Gasteiger partial charge in [0.05, 0.1) is 40.4 Å². The molecule has 0 saturated carbocycles. The number of rotatable bonds is 7. The fourth-order valence-corrected chi connectivity index (χ4v) is 6.57. The third kappa shape index (κ3) is 5.86. The van der Waals surface area contributed by atoms with E-state index in [-0.39, 0.29) is 5.92 Å². The molecule has 2 aromatic heterocycles. The number of terminal acetylenes is 1. The Morgan fingerprint density at radius 2 is 1.47 bits per heavy atom. The summed E-state index contributed by atoms with van der Waals surface area (Å²) in [5.74, 6) is 3.98. The second kappa shape index (κ2) is 13.8. The molecule has 0 saturated heterocycles. The molecule has 0 spiro atoms. The number of allylic oxidation sites excluding steroid dienone is 5. The van der Waals surface area contributed by atoms with Crippen LogP contribution >= 0.6 is 0 Å². The summed E-state index contributed by atoms with van der Waals surface area (Å²) < 4.78 is 2.29. The monoisotopic (exact) mass is 659 g/mol. The highest BCUT2D eigenvalue weighted by Gasteiger charge is 2.37. The summed E-state index contributed by atoms with van der Waals surface area (Å²) in [6.45, 7) is 6.26. The molecule has 7 heteroatoms. The highest BCUT2D eigenvalue weighted by atomic mass is 15.3. The van der Waals surface area contributed by atoms with Crippen LogP contribution in [0.1, 0.15) is 54.1 Å². The van der Waals surface area contributed by atoms with Crippen molar-refractivity contribution in [1.29, 1.82) is 10.5 Å². The molecule has 0 amide bonds. The molecule has 1 aliphatic heterocycles. The summed E-state index contributed by atoms with van der Waals surface area (Å²) in [5.41, 5.74) is 9.62. The molecule has 0 bridgehead atoms. The van der Waals surface area contributed by atoms with E-state index in [0.717, 1.165) is 62.3 Å². The second-order valence-electron chi connectivity index (χ2n) is 12.1. The van der Waals surface area contributed by atoms with E-state index in [9.17, 15) is 10.5 Å². The van der Waals surface area contributed by atoms with Crippen LogP contribution in [0.5, 0.6) is 0 Å². The third-order valence-electron chi connectivity index (χ3n) is 9.04. The molecule has 3 heterocycles. The van der Waals surface area contributed by atoms with Crippen molar-refractivity contribution in [1.82, 2.24) is 19.5 Å². The lowest BCUT2D eigenvalue weighted by atomic mass is 9.96. The molecule has 51 heavy (non-hydrogen) atoms. The topological polar surface area (TPSA) is 94.4 Å². The molecular formula is C44H33N7. The van der Waals surface area contributed by atoms with Gasteiger partial charge in [-0.3, -0.25) is 4.90 Å². The summed E-state index contributed by atoms with van der Waals surface area (Å²) in [4.78, 5) is 17.1. The Bertz CT molecular complexity index is 2420. The quantitative estimate of drug-likeness (QED) is 0.158. The van der Waals surface area contributed by atoms with E-state index < -0.39 is 0 Å². The van der Waals surface area contributed by atoms with Gasteiger partial charge in [0.1, 0.15) is 0 Å². The number of aromatic nitrogens is 4. The highest BCUT2D eigenvalue weighted by Crippen LogP contribution is 2.50. The van der Waals surface area contributed by atoms with Gasteiger partial charge in [-0.1, -0.05) is 55.3 Å². The van der Waals surface area contributed by atoms with Crippen LogP contribution in [0.25, 0.3) is 45.4 Å². The Kier molecular flexibility index (Phi) is 8.83. The van der Waals surface area contributed by atoms with Gasteiger partial charge in [-0.25, -0.2) is 4.98 Å². The zero-order chi connectivity index (χ0) is 35.5. The molecule has 1 unspecified atom stereocenters. The second-order valence-corrected chi connectivity index (χ2v) is 12.1.